The smallest absolute Gasteiger partial charge is 0.277 e. The van der Waals surface area contributed by atoms with Crippen LogP contribution < -0.4 is 14.4 Å². The molecule has 5 rings (SSSR count). The summed E-state index contributed by atoms with van der Waals surface area (Å²) in [5.74, 6) is 2.00. The molecule has 1 aromatic heterocycles. The monoisotopic (exact) mass is 395 g/mol. The maximum Gasteiger partial charge on any atom is 0.277 e. The summed E-state index contributed by atoms with van der Waals surface area (Å²) in [6.07, 6.45) is 0.876. The van der Waals surface area contributed by atoms with Crippen LogP contribution in [0.5, 0.6) is 11.5 Å². The highest BCUT2D eigenvalue weighted by molar-refractivity contribution is 7.99. The summed E-state index contributed by atoms with van der Waals surface area (Å²) in [7, 11) is 0. The number of hydrogen-bond donors (Lipinski definition) is 0. The summed E-state index contributed by atoms with van der Waals surface area (Å²) in [6, 6.07) is 13.6. The molecule has 0 aliphatic carbocycles. The van der Waals surface area contributed by atoms with Crippen molar-refractivity contribution in [3.05, 3.63) is 48.0 Å². The molecule has 142 valence electrons. The minimum Gasteiger partial charge on any atom is -0.454 e. The van der Waals surface area contributed by atoms with E-state index in [4.69, 9.17) is 13.9 Å². The third kappa shape index (κ3) is 2.99. The van der Waals surface area contributed by atoms with Gasteiger partial charge in [-0.3, -0.25) is 4.79 Å². The maximum absolute atomic E-state index is 12.8. The first-order chi connectivity index (χ1) is 13.7. The van der Waals surface area contributed by atoms with Gasteiger partial charge in [-0.2, -0.15) is 0 Å². The molecule has 0 bridgehead atoms. The lowest BCUT2D eigenvalue weighted by Crippen LogP contribution is -2.36. The number of nitrogens with zero attached hydrogens (tertiary/aromatic N) is 3. The number of aromatic nitrogens is 2. The lowest BCUT2D eigenvalue weighted by Gasteiger charge is -2.22. The van der Waals surface area contributed by atoms with Crippen molar-refractivity contribution in [2.75, 3.05) is 17.4 Å². The third-order valence-electron chi connectivity index (χ3n) is 4.82. The van der Waals surface area contributed by atoms with Gasteiger partial charge in [0.05, 0.1) is 5.75 Å². The molecule has 0 saturated carbocycles. The number of para-hydroxylation sites is 1. The van der Waals surface area contributed by atoms with Crippen LogP contribution in [-0.2, 0) is 11.2 Å². The van der Waals surface area contributed by atoms with Crippen molar-refractivity contribution >= 4 is 23.4 Å². The number of carbonyl (C=O) groups is 1. The largest absolute Gasteiger partial charge is 0.454 e. The zero-order valence-electron chi connectivity index (χ0n) is 15.1. The molecule has 1 atom stereocenters. The fraction of sp³-hybridized carbons (Fsp3) is 0.250. The maximum atomic E-state index is 12.8. The zero-order valence-corrected chi connectivity index (χ0v) is 15.9. The van der Waals surface area contributed by atoms with E-state index in [-0.39, 0.29) is 24.5 Å². The molecule has 2 aromatic carbocycles. The Hall–Kier alpha value is -3.00. The van der Waals surface area contributed by atoms with Crippen LogP contribution in [0.2, 0.25) is 0 Å². The van der Waals surface area contributed by atoms with E-state index in [0.717, 1.165) is 17.7 Å². The minimum atomic E-state index is 0.0327. The van der Waals surface area contributed by atoms with Crippen molar-refractivity contribution in [1.29, 1.82) is 0 Å². The second-order valence-electron chi connectivity index (χ2n) is 6.68. The number of fused-ring (bicyclic) bond motifs is 2. The van der Waals surface area contributed by atoms with Crippen LogP contribution in [0, 0.1) is 0 Å². The predicted octanol–water partition coefficient (Wildman–Crippen LogP) is 3.54. The summed E-state index contributed by atoms with van der Waals surface area (Å²) >= 11 is 1.25. The molecule has 1 amide bonds. The molecule has 0 fully saturated rings. The van der Waals surface area contributed by atoms with Crippen LogP contribution in [-0.4, -0.2) is 34.7 Å². The van der Waals surface area contributed by atoms with E-state index in [2.05, 4.69) is 23.2 Å². The van der Waals surface area contributed by atoms with E-state index in [9.17, 15) is 4.79 Å². The van der Waals surface area contributed by atoms with Crippen LogP contribution >= 0.6 is 11.8 Å². The molecule has 3 aromatic rings. The molecule has 2 aliphatic heterocycles. The topological polar surface area (TPSA) is 77.7 Å². The Morgan fingerprint density at radius 1 is 1.18 bits per heavy atom. The molecule has 8 heteroatoms. The highest BCUT2D eigenvalue weighted by Gasteiger charge is 2.30. The number of anilines is 1. The lowest BCUT2D eigenvalue weighted by atomic mass is 10.1. The van der Waals surface area contributed by atoms with Gasteiger partial charge < -0.3 is 18.8 Å². The Morgan fingerprint density at radius 3 is 2.96 bits per heavy atom. The van der Waals surface area contributed by atoms with Crippen LogP contribution in [0.15, 0.2) is 52.1 Å². The Balaban J connectivity index is 1.27. The Bertz CT molecular complexity index is 1050. The first kappa shape index (κ1) is 17.1. The minimum absolute atomic E-state index is 0.0327. The first-order valence-electron chi connectivity index (χ1n) is 8.95. The number of carbonyl (C=O) groups excluding carboxylic acids is 1. The van der Waals surface area contributed by atoms with Crippen molar-refractivity contribution in [3.63, 3.8) is 0 Å². The van der Waals surface area contributed by atoms with Gasteiger partial charge >= 0.3 is 0 Å². The quantitative estimate of drug-likeness (QED) is 0.625. The van der Waals surface area contributed by atoms with Gasteiger partial charge in [0.1, 0.15) is 0 Å². The molecule has 0 unspecified atom stereocenters. The van der Waals surface area contributed by atoms with E-state index in [1.807, 2.05) is 35.2 Å². The standard InChI is InChI=1S/C20H17N3O4S/c1-12-8-13-4-2-3-5-15(13)23(12)18(24)10-28-20-22-21-19(27-20)14-6-7-16-17(9-14)26-11-25-16/h2-7,9,12H,8,10-11H2,1H3/t12-/m1/s1. The van der Waals surface area contributed by atoms with Crippen LogP contribution in [0.3, 0.4) is 0 Å². The predicted molar refractivity (Wildman–Crippen MR) is 104 cm³/mol. The van der Waals surface area contributed by atoms with Gasteiger partial charge in [0.2, 0.25) is 18.6 Å². The Labute approximate surface area is 165 Å². The van der Waals surface area contributed by atoms with Gasteiger partial charge in [0.15, 0.2) is 11.5 Å². The summed E-state index contributed by atoms with van der Waals surface area (Å²) in [6.45, 7) is 2.27. The van der Waals surface area contributed by atoms with Gasteiger partial charge in [-0.25, -0.2) is 0 Å². The Morgan fingerprint density at radius 2 is 2.04 bits per heavy atom. The number of amides is 1. The lowest BCUT2D eigenvalue weighted by molar-refractivity contribution is -0.116. The number of benzene rings is 2. The second kappa shape index (κ2) is 6.87. The van der Waals surface area contributed by atoms with Crippen molar-refractivity contribution in [2.24, 2.45) is 0 Å². The number of hydrogen-bond acceptors (Lipinski definition) is 7. The third-order valence-corrected chi connectivity index (χ3v) is 5.62. The van der Waals surface area contributed by atoms with Crippen LogP contribution in [0.4, 0.5) is 5.69 Å². The van der Waals surface area contributed by atoms with E-state index in [1.54, 1.807) is 6.07 Å². The van der Waals surface area contributed by atoms with Gasteiger partial charge in [-0.1, -0.05) is 30.0 Å². The fourth-order valence-electron chi connectivity index (χ4n) is 3.55. The molecular formula is C20H17N3O4S. The van der Waals surface area contributed by atoms with E-state index < -0.39 is 0 Å². The number of rotatable bonds is 4. The zero-order chi connectivity index (χ0) is 19.1. The SMILES string of the molecule is C[C@@H]1Cc2ccccc2N1C(=O)CSc1nnc(-c2ccc3c(c2)OCO3)o1. The molecule has 2 aliphatic rings. The summed E-state index contributed by atoms with van der Waals surface area (Å²) < 4.78 is 16.4. The summed E-state index contributed by atoms with van der Waals surface area (Å²) in [5, 5.41) is 8.49. The van der Waals surface area contributed by atoms with Crippen LogP contribution in [0.1, 0.15) is 12.5 Å². The molecule has 28 heavy (non-hydrogen) atoms. The Kier molecular flexibility index (Phi) is 4.20. The fourth-order valence-corrected chi connectivity index (χ4v) is 4.18. The van der Waals surface area contributed by atoms with Crippen molar-refractivity contribution < 1.29 is 18.7 Å². The average Bonchev–Trinajstić information content (AvgIpc) is 3.42. The van der Waals surface area contributed by atoms with Gasteiger partial charge in [0, 0.05) is 17.3 Å². The normalized spacial score (nSPS) is 17.0. The molecule has 3 heterocycles. The first-order valence-corrected chi connectivity index (χ1v) is 9.94. The van der Waals surface area contributed by atoms with Crippen molar-refractivity contribution in [1.82, 2.24) is 10.2 Å². The van der Waals surface area contributed by atoms with Gasteiger partial charge in [0.25, 0.3) is 5.22 Å². The molecule has 0 N–H and O–H groups in total. The highest BCUT2D eigenvalue weighted by atomic mass is 32.2. The average molecular weight is 395 g/mol. The van der Waals surface area contributed by atoms with Gasteiger partial charge in [-0.05, 0) is 43.2 Å². The highest BCUT2D eigenvalue weighted by Crippen LogP contribution is 2.36. The number of thioether (sulfide) groups is 1. The summed E-state index contributed by atoms with van der Waals surface area (Å²) in [5.41, 5.74) is 2.94. The summed E-state index contributed by atoms with van der Waals surface area (Å²) in [4.78, 5) is 14.6. The van der Waals surface area contributed by atoms with Crippen LogP contribution in [0.25, 0.3) is 11.5 Å². The molecule has 0 radical (unpaired) electrons. The van der Waals surface area contributed by atoms with Crippen molar-refractivity contribution in [2.45, 2.75) is 24.6 Å². The van der Waals surface area contributed by atoms with E-state index >= 15 is 0 Å². The molecule has 7 nitrogen and oxygen atoms in total. The van der Waals surface area contributed by atoms with Crippen molar-refractivity contribution in [3.8, 4) is 23.0 Å². The molecule has 0 saturated heterocycles. The van der Waals surface area contributed by atoms with Gasteiger partial charge in [-0.15, -0.1) is 10.2 Å². The molecular weight excluding hydrogens is 378 g/mol. The van der Waals surface area contributed by atoms with E-state index in [0.29, 0.717) is 22.6 Å². The second-order valence-corrected chi connectivity index (χ2v) is 7.60. The van der Waals surface area contributed by atoms with E-state index in [1.165, 1.54) is 17.3 Å². The number of ether oxygens (including phenoxy) is 2. The molecule has 0 spiro atoms.